The van der Waals surface area contributed by atoms with Gasteiger partial charge in [0.1, 0.15) is 4.83 Å². The molecule has 2 heterocycles. The highest BCUT2D eigenvalue weighted by molar-refractivity contribution is 14.1. The van der Waals surface area contributed by atoms with Crippen LogP contribution in [0.15, 0.2) is 41.3 Å². The van der Waals surface area contributed by atoms with E-state index in [9.17, 15) is 4.79 Å². The fourth-order valence-corrected chi connectivity index (χ4v) is 3.34. The molecule has 100 valence electrons. The Morgan fingerprint density at radius 2 is 2.15 bits per heavy atom. The largest absolute Gasteiger partial charge is 0.331 e. The van der Waals surface area contributed by atoms with Crippen LogP contribution in [0.5, 0.6) is 0 Å². The first-order valence-corrected chi connectivity index (χ1v) is 7.82. The van der Waals surface area contributed by atoms with E-state index in [-0.39, 0.29) is 5.56 Å². The molecule has 0 saturated carbocycles. The van der Waals surface area contributed by atoms with Crippen LogP contribution in [0.1, 0.15) is 5.56 Å². The average Bonchev–Trinajstić information content (AvgIpc) is 2.42. The van der Waals surface area contributed by atoms with E-state index in [0.29, 0.717) is 15.3 Å². The topological polar surface area (TPSA) is 54.9 Å². The van der Waals surface area contributed by atoms with Gasteiger partial charge in [-0.3, -0.25) is 4.79 Å². The van der Waals surface area contributed by atoms with Gasteiger partial charge < -0.3 is 5.32 Å². The van der Waals surface area contributed by atoms with E-state index in [2.05, 4.69) is 43.9 Å². The summed E-state index contributed by atoms with van der Waals surface area (Å²) < 4.78 is 1.17. The third-order valence-corrected chi connectivity index (χ3v) is 4.40. The Kier molecular flexibility index (Phi) is 3.66. The Hall–Kier alpha value is -1.54. The zero-order valence-electron chi connectivity index (χ0n) is 10.6. The van der Waals surface area contributed by atoms with E-state index in [1.54, 1.807) is 18.3 Å². The Balaban J connectivity index is 2.05. The van der Waals surface area contributed by atoms with E-state index >= 15 is 0 Å². The lowest BCUT2D eigenvalue weighted by atomic mass is 10.2. The van der Waals surface area contributed by atoms with E-state index in [0.717, 1.165) is 11.3 Å². The fourth-order valence-electron chi connectivity index (χ4n) is 1.84. The summed E-state index contributed by atoms with van der Waals surface area (Å²) >= 11 is 3.64. The van der Waals surface area contributed by atoms with Crippen molar-refractivity contribution in [3.8, 4) is 0 Å². The van der Waals surface area contributed by atoms with Gasteiger partial charge in [0.25, 0.3) is 5.56 Å². The first-order chi connectivity index (χ1) is 9.63. The summed E-state index contributed by atoms with van der Waals surface area (Å²) in [4.78, 5) is 20.9. The van der Waals surface area contributed by atoms with Crippen LogP contribution < -0.4 is 10.9 Å². The molecule has 1 N–H and O–H groups in total. The summed E-state index contributed by atoms with van der Waals surface area (Å²) in [5.74, 6) is 0. The highest BCUT2D eigenvalue weighted by atomic mass is 127. The summed E-state index contributed by atoms with van der Waals surface area (Å²) in [6.45, 7) is 2.02. The summed E-state index contributed by atoms with van der Waals surface area (Å²) in [5.41, 5.74) is 1.81. The number of hydrogen-bond donors (Lipinski definition) is 1. The number of pyridine rings is 1. The SMILES string of the molecule is Cc1cc(I)ccc1Nc1nc(=O)c2cccnc2s1. The van der Waals surface area contributed by atoms with Crippen LogP contribution in [0.2, 0.25) is 0 Å². The Morgan fingerprint density at radius 3 is 2.95 bits per heavy atom. The number of benzene rings is 1. The predicted octanol–water partition coefficient (Wildman–Crippen LogP) is 3.71. The molecule has 6 heteroatoms. The molecular formula is C14H10IN3OS. The Bertz CT molecular complexity index is 847. The molecule has 0 spiro atoms. The molecule has 3 rings (SSSR count). The zero-order valence-corrected chi connectivity index (χ0v) is 13.5. The maximum absolute atomic E-state index is 11.9. The van der Waals surface area contributed by atoms with Crippen molar-refractivity contribution >= 4 is 55.0 Å². The molecule has 0 aliphatic carbocycles. The lowest BCUT2D eigenvalue weighted by Crippen LogP contribution is -2.08. The predicted molar refractivity (Wildman–Crippen MR) is 90.9 cm³/mol. The molecular weight excluding hydrogens is 385 g/mol. The lowest BCUT2D eigenvalue weighted by molar-refractivity contribution is 1.28. The normalized spacial score (nSPS) is 10.7. The molecule has 0 aliphatic heterocycles. The van der Waals surface area contributed by atoms with Crippen LogP contribution in [0, 0.1) is 10.5 Å². The van der Waals surface area contributed by atoms with Gasteiger partial charge in [-0.25, -0.2) is 4.98 Å². The number of anilines is 2. The maximum atomic E-state index is 11.9. The van der Waals surface area contributed by atoms with Gasteiger partial charge >= 0.3 is 0 Å². The van der Waals surface area contributed by atoms with Crippen LogP contribution >= 0.6 is 33.9 Å². The van der Waals surface area contributed by atoms with Gasteiger partial charge in [-0.15, -0.1) is 0 Å². The number of aromatic nitrogens is 2. The third kappa shape index (κ3) is 2.66. The number of aryl methyl sites for hydroxylation is 1. The number of rotatable bonds is 2. The third-order valence-electron chi connectivity index (χ3n) is 2.83. The number of fused-ring (bicyclic) bond motifs is 1. The smallest absolute Gasteiger partial charge is 0.282 e. The molecule has 0 atom stereocenters. The first kappa shape index (κ1) is 13.4. The number of nitrogens with zero attached hydrogens (tertiary/aromatic N) is 2. The molecule has 3 aromatic rings. The van der Waals surface area contributed by atoms with E-state index in [1.165, 1.54) is 14.9 Å². The fraction of sp³-hybridized carbons (Fsp3) is 0.0714. The minimum absolute atomic E-state index is 0.252. The Labute approximate surface area is 133 Å². The average molecular weight is 395 g/mol. The van der Waals surface area contributed by atoms with Crippen molar-refractivity contribution in [1.82, 2.24) is 9.97 Å². The van der Waals surface area contributed by atoms with Gasteiger partial charge in [0.2, 0.25) is 0 Å². The summed E-state index contributed by atoms with van der Waals surface area (Å²) in [6.07, 6.45) is 1.68. The van der Waals surface area contributed by atoms with Crippen molar-refractivity contribution in [2.24, 2.45) is 0 Å². The van der Waals surface area contributed by atoms with Gasteiger partial charge in [0.05, 0.1) is 5.39 Å². The summed E-state index contributed by atoms with van der Waals surface area (Å²) in [6, 6.07) is 9.56. The molecule has 0 fully saturated rings. The molecule has 0 aliphatic rings. The van der Waals surface area contributed by atoms with Crippen molar-refractivity contribution in [2.75, 3.05) is 5.32 Å². The highest BCUT2D eigenvalue weighted by Crippen LogP contribution is 2.25. The van der Waals surface area contributed by atoms with Gasteiger partial charge in [0.15, 0.2) is 5.13 Å². The number of nitrogens with one attached hydrogen (secondary N) is 1. The molecule has 0 unspecified atom stereocenters. The van der Waals surface area contributed by atoms with E-state index < -0.39 is 0 Å². The molecule has 4 nitrogen and oxygen atoms in total. The standard InChI is InChI=1S/C14H10IN3OS/c1-8-7-9(15)4-5-11(8)17-14-18-12(19)10-3-2-6-16-13(10)20-14/h2-7H,1H3,(H,17,18,19). The van der Waals surface area contributed by atoms with E-state index in [1.807, 2.05) is 19.1 Å². The quantitative estimate of drug-likeness (QED) is 0.673. The first-order valence-electron chi connectivity index (χ1n) is 5.92. The molecule has 0 bridgehead atoms. The van der Waals surface area contributed by atoms with Gasteiger partial charge in [-0.1, -0.05) is 11.3 Å². The van der Waals surface area contributed by atoms with Crippen molar-refractivity contribution in [3.05, 3.63) is 56.0 Å². The van der Waals surface area contributed by atoms with Crippen LogP contribution in [-0.2, 0) is 0 Å². The molecule has 0 radical (unpaired) electrons. The van der Waals surface area contributed by atoms with Gasteiger partial charge in [-0.05, 0) is 65.4 Å². The van der Waals surface area contributed by atoms with E-state index in [4.69, 9.17) is 0 Å². The summed E-state index contributed by atoms with van der Waals surface area (Å²) in [7, 11) is 0. The van der Waals surface area contributed by atoms with Crippen LogP contribution in [0.3, 0.4) is 0 Å². The minimum Gasteiger partial charge on any atom is -0.331 e. The number of halogens is 1. The highest BCUT2D eigenvalue weighted by Gasteiger charge is 2.06. The lowest BCUT2D eigenvalue weighted by Gasteiger charge is -2.08. The molecule has 2 aromatic heterocycles. The van der Waals surface area contributed by atoms with Crippen molar-refractivity contribution < 1.29 is 0 Å². The van der Waals surface area contributed by atoms with Crippen molar-refractivity contribution in [3.63, 3.8) is 0 Å². The molecule has 0 saturated heterocycles. The minimum atomic E-state index is -0.252. The second-order valence-corrected chi connectivity index (χ2v) is 6.49. The molecule has 20 heavy (non-hydrogen) atoms. The zero-order chi connectivity index (χ0) is 14.1. The monoisotopic (exact) mass is 395 g/mol. The second kappa shape index (κ2) is 5.45. The second-order valence-electron chi connectivity index (χ2n) is 4.26. The van der Waals surface area contributed by atoms with Gasteiger partial charge in [-0.2, -0.15) is 4.98 Å². The van der Waals surface area contributed by atoms with Gasteiger partial charge in [0, 0.05) is 15.5 Å². The Morgan fingerprint density at radius 1 is 1.30 bits per heavy atom. The van der Waals surface area contributed by atoms with Crippen molar-refractivity contribution in [1.29, 1.82) is 0 Å². The van der Waals surface area contributed by atoms with Crippen LogP contribution in [0.4, 0.5) is 10.8 Å². The molecule has 0 amide bonds. The van der Waals surface area contributed by atoms with Crippen molar-refractivity contribution in [2.45, 2.75) is 6.92 Å². The van der Waals surface area contributed by atoms with Crippen LogP contribution in [0.25, 0.3) is 10.2 Å². The summed E-state index contributed by atoms with van der Waals surface area (Å²) in [5, 5.41) is 4.31. The number of hydrogen-bond acceptors (Lipinski definition) is 5. The molecule has 1 aromatic carbocycles. The van der Waals surface area contributed by atoms with Crippen LogP contribution in [-0.4, -0.2) is 9.97 Å². The maximum Gasteiger partial charge on any atom is 0.282 e.